The Labute approximate surface area is 242 Å². The van der Waals surface area contributed by atoms with E-state index >= 15 is 0 Å². The summed E-state index contributed by atoms with van der Waals surface area (Å²) in [4.78, 5) is 40.6. The molecule has 0 aromatic heterocycles. The number of hydrogen-bond acceptors (Lipinski definition) is 5. The lowest BCUT2D eigenvalue weighted by molar-refractivity contribution is -0.126. The van der Waals surface area contributed by atoms with Crippen molar-refractivity contribution < 1.29 is 24.2 Å². The van der Waals surface area contributed by atoms with E-state index in [1.807, 2.05) is 51.1 Å². The van der Waals surface area contributed by atoms with E-state index in [4.69, 9.17) is 4.74 Å². The molecule has 2 bridgehead atoms. The van der Waals surface area contributed by atoms with Crippen LogP contribution >= 0.6 is 0 Å². The van der Waals surface area contributed by atoms with Crippen LogP contribution in [-0.4, -0.2) is 53.9 Å². The van der Waals surface area contributed by atoms with Gasteiger partial charge in [-0.2, -0.15) is 0 Å². The predicted octanol–water partition coefficient (Wildman–Crippen LogP) is 4.70. The van der Waals surface area contributed by atoms with Crippen molar-refractivity contribution in [3.05, 3.63) is 65.7 Å². The number of nitrogens with one attached hydrogen (secondary N) is 2. The number of rotatable bonds is 11. The molecule has 5 rings (SSSR count). The van der Waals surface area contributed by atoms with Gasteiger partial charge in [-0.1, -0.05) is 63.6 Å². The third kappa shape index (κ3) is 6.75. The van der Waals surface area contributed by atoms with Crippen molar-refractivity contribution in [1.29, 1.82) is 0 Å². The lowest BCUT2D eigenvalue weighted by Crippen LogP contribution is -2.47. The molecule has 8 heteroatoms. The molecule has 3 fully saturated rings. The average molecular weight is 562 g/mol. The van der Waals surface area contributed by atoms with Gasteiger partial charge in [-0.25, -0.2) is 4.79 Å². The molecule has 0 radical (unpaired) electrons. The van der Waals surface area contributed by atoms with Crippen molar-refractivity contribution in [3.63, 3.8) is 0 Å². The van der Waals surface area contributed by atoms with Gasteiger partial charge in [-0.3, -0.25) is 14.5 Å². The Morgan fingerprint density at radius 1 is 1.05 bits per heavy atom. The number of aliphatic hydroxyl groups is 1. The number of fused-ring (bicyclic) bond motifs is 2. The summed E-state index contributed by atoms with van der Waals surface area (Å²) in [6, 6.07) is 16.2. The topological polar surface area (TPSA) is 108 Å². The number of cyclic esters (lactones) is 1. The van der Waals surface area contributed by atoms with Crippen LogP contribution in [0.2, 0.25) is 0 Å². The van der Waals surface area contributed by atoms with Crippen LogP contribution in [0, 0.1) is 23.7 Å². The van der Waals surface area contributed by atoms with E-state index in [9.17, 15) is 19.5 Å². The van der Waals surface area contributed by atoms with E-state index in [1.54, 1.807) is 29.2 Å². The summed E-state index contributed by atoms with van der Waals surface area (Å²) in [5.41, 5.74) is 1.96. The Balaban J connectivity index is 1.27. The molecule has 8 nitrogen and oxygen atoms in total. The van der Waals surface area contributed by atoms with E-state index in [0.717, 1.165) is 17.9 Å². The summed E-state index contributed by atoms with van der Waals surface area (Å²) in [6.45, 7) is 6.22. The van der Waals surface area contributed by atoms with Crippen molar-refractivity contribution in [2.75, 3.05) is 11.5 Å². The number of aliphatic hydroxyl groups excluding tert-OH is 1. The zero-order chi connectivity index (χ0) is 29.1. The summed E-state index contributed by atoms with van der Waals surface area (Å²) >= 11 is 0. The van der Waals surface area contributed by atoms with Crippen LogP contribution in [0.15, 0.2) is 54.6 Å². The highest BCUT2D eigenvalue weighted by Gasteiger charge is 2.41. The first-order valence-electron chi connectivity index (χ1n) is 15.1. The highest BCUT2D eigenvalue weighted by Crippen LogP contribution is 2.44. The van der Waals surface area contributed by atoms with Crippen molar-refractivity contribution >= 4 is 23.6 Å². The van der Waals surface area contributed by atoms with Crippen LogP contribution in [0.4, 0.5) is 10.5 Å². The smallest absolute Gasteiger partial charge is 0.414 e. The van der Waals surface area contributed by atoms with Crippen LogP contribution in [0.1, 0.15) is 68.8 Å². The summed E-state index contributed by atoms with van der Waals surface area (Å²) < 4.78 is 5.29. The fourth-order valence-electron chi connectivity index (χ4n) is 6.80. The third-order valence-corrected chi connectivity index (χ3v) is 9.25. The maximum atomic E-state index is 13.5. The van der Waals surface area contributed by atoms with Crippen LogP contribution in [0.5, 0.6) is 0 Å². The van der Waals surface area contributed by atoms with Gasteiger partial charge in [-0.15, -0.1) is 0 Å². The number of carbonyl (C=O) groups is 3. The molecule has 2 saturated carbocycles. The number of hydrogen-bond donors (Lipinski definition) is 3. The number of benzene rings is 2. The van der Waals surface area contributed by atoms with E-state index in [2.05, 4.69) is 10.6 Å². The SMILES string of the molecule is CC(CC(O)C(Cc1ccccc1)NC(=O)c1cccc(N2C(=O)OCC2C(C)C)c1)C(=O)NC1CC2CCC1C2. The summed E-state index contributed by atoms with van der Waals surface area (Å²) in [5.74, 6) is 0.739. The first kappa shape index (κ1) is 29.1. The quantitative estimate of drug-likeness (QED) is 0.369. The van der Waals surface area contributed by atoms with E-state index in [0.29, 0.717) is 30.2 Å². The van der Waals surface area contributed by atoms with Gasteiger partial charge >= 0.3 is 6.09 Å². The zero-order valence-corrected chi connectivity index (χ0v) is 24.3. The number of anilines is 1. The molecule has 2 aliphatic carbocycles. The standard InChI is InChI=1S/C33H43N3O5/c1-20(2)29-19-41-33(40)36(29)26-11-7-10-25(18-26)32(39)35-28(16-22-8-5-4-6-9-22)30(37)14-21(3)31(38)34-27-17-23-12-13-24(27)15-23/h4-11,18,20-21,23-24,27-30,37H,12-17,19H2,1-3H3,(H,34,38)(H,35,39). The minimum atomic E-state index is -0.929. The molecule has 1 heterocycles. The number of nitrogens with zero attached hydrogens (tertiary/aromatic N) is 1. The molecule has 7 unspecified atom stereocenters. The molecular weight excluding hydrogens is 518 g/mol. The van der Waals surface area contributed by atoms with Gasteiger partial charge < -0.3 is 20.5 Å². The number of carbonyl (C=O) groups excluding carboxylic acids is 3. The molecule has 220 valence electrons. The highest BCUT2D eigenvalue weighted by molar-refractivity contribution is 5.97. The van der Waals surface area contributed by atoms with Crippen molar-refractivity contribution in [2.45, 2.75) is 83.5 Å². The summed E-state index contributed by atoms with van der Waals surface area (Å²) in [7, 11) is 0. The normalized spacial score (nSPS) is 25.6. The van der Waals surface area contributed by atoms with Gasteiger partial charge in [0, 0.05) is 23.2 Å². The van der Waals surface area contributed by atoms with Crippen molar-refractivity contribution in [2.24, 2.45) is 23.7 Å². The summed E-state index contributed by atoms with van der Waals surface area (Å²) in [5, 5.41) is 17.6. The Bertz CT molecular complexity index is 1230. The molecule has 7 atom stereocenters. The predicted molar refractivity (Wildman–Crippen MR) is 157 cm³/mol. The third-order valence-electron chi connectivity index (χ3n) is 9.25. The maximum absolute atomic E-state index is 13.5. The van der Waals surface area contributed by atoms with Crippen LogP contribution in [0.3, 0.4) is 0 Å². The van der Waals surface area contributed by atoms with Crippen LogP contribution in [0.25, 0.3) is 0 Å². The Morgan fingerprint density at radius 3 is 2.51 bits per heavy atom. The van der Waals surface area contributed by atoms with Gasteiger partial charge in [0.25, 0.3) is 5.91 Å². The molecule has 0 spiro atoms. The van der Waals surface area contributed by atoms with Gasteiger partial charge in [0.1, 0.15) is 6.61 Å². The second-order valence-corrected chi connectivity index (χ2v) is 12.6. The molecule has 1 saturated heterocycles. The Hall–Kier alpha value is -3.39. The van der Waals surface area contributed by atoms with Crippen LogP contribution in [-0.2, 0) is 16.0 Å². The molecule has 3 N–H and O–H groups in total. The average Bonchev–Trinajstić information content (AvgIpc) is 3.69. The van der Waals surface area contributed by atoms with Crippen molar-refractivity contribution in [1.82, 2.24) is 10.6 Å². The van der Waals surface area contributed by atoms with Crippen LogP contribution < -0.4 is 15.5 Å². The number of amides is 3. The van der Waals surface area contributed by atoms with Gasteiger partial charge in [0.2, 0.25) is 5.91 Å². The van der Waals surface area contributed by atoms with Crippen molar-refractivity contribution in [3.8, 4) is 0 Å². The highest BCUT2D eigenvalue weighted by atomic mass is 16.6. The van der Waals surface area contributed by atoms with E-state index < -0.39 is 24.2 Å². The first-order chi connectivity index (χ1) is 19.7. The molecular formula is C33H43N3O5. The Morgan fingerprint density at radius 2 is 1.83 bits per heavy atom. The first-order valence-corrected chi connectivity index (χ1v) is 15.1. The molecule has 1 aliphatic heterocycles. The maximum Gasteiger partial charge on any atom is 0.414 e. The summed E-state index contributed by atoms with van der Waals surface area (Å²) in [6.07, 6.45) is 4.04. The van der Waals surface area contributed by atoms with Gasteiger partial charge in [0.15, 0.2) is 0 Å². The van der Waals surface area contributed by atoms with Gasteiger partial charge in [0.05, 0.1) is 18.2 Å². The molecule has 41 heavy (non-hydrogen) atoms. The fourth-order valence-corrected chi connectivity index (χ4v) is 6.80. The molecule has 3 aliphatic rings. The van der Waals surface area contributed by atoms with Gasteiger partial charge in [-0.05, 0) is 73.6 Å². The lowest BCUT2D eigenvalue weighted by Gasteiger charge is -2.28. The fraction of sp³-hybridized carbons (Fsp3) is 0.545. The zero-order valence-electron chi connectivity index (χ0n) is 24.3. The molecule has 2 aromatic rings. The second-order valence-electron chi connectivity index (χ2n) is 12.6. The lowest BCUT2D eigenvalue weighted by atomic mass is 9.91. The minimum absolute atomic E-state index is 0.0312. The second kappa shape index (κ2) is 12.6. The van der Waals surface area contributed by atoms with E-state index in [1.165, 1.54) is 19.3 Å². The monoisotopic (exact) mass is 561 g/mol. The largest absolute Gasteiger partial charge is 0.447 e. The number of ether oxygens (including phenoxy) is 1. The molecule has 2 aromatic carbocycles. The minimum Gasteiger partial charge on any atom is -0.447 e. The molecule has 3 amide bonds. The van der Waals surface area contributed by atoms with E-state index in [-0.39, 0.29) is 36.2 Å². The Kier molecular flexibility index (Phi) is 8.97.